The van der Waals surface area contributed by atoms with Gasteiger partial charge in [0.25, 0.3) is 0 Å². The van der Waals surface area contributed by atoms with Crippen LogP contribution in [0.1, 0.15) is 42.9 Å². The fourth-order valence-electron chi connectivity index (χ4n) is 3.20. The summed E-state index contributed by atoms with van der Waals surface area (Å²) in [4.78, 5) is 0. The molecule has 0 amide bonds. The molecule has 1 aliphatic carbocycles. The zero-order valence-corrected chi connectivity index (χ0v) is 12.8. The summed E-state index contributed by atoms with van der Waals surface area (Å²) in [6, 6.07) is 20.1. The average Bonchev–Trinajstić information content (AvgIpc) is 2.51. The molecule has 2 nitrogen and oxygen atoms in total. The van der Waals surface area contributed by atoms with Crippen LogP contribution >= 0.6 is 0 Å². The molecule has 0 saturated heterocycles. The zero-order chi connectivity index (χ0) is 14.7. The van der Waals surface area contributed by atoms with E-state index < -0.39 is 0 Å². The summed E-state index contributed by atoms with van der Waals surface area (Å²) in [5.41, 5.74) is 2.71. The Hall–Kier alpha value is -1.80. The van der Waals surface area contributed by atoms with Gasteiger partial charge in [-0.25, -0.2) is 0 Å². The highest BCUT2D eigenvalue weighted by molar-refractivity contribution is 5.37. The van der Waals surface area contributed by atoms with Crippen LogP contribution in [-0.4, -0.2) is 13.2 Å². The SMILES string of the molecule is COc1ccccc1C1CC(N[C@H](C)c2ccccc2)C1. The average molecular weight is 281 g/mol. The lowest BCUT2D eigenvalue weighted by atomic mass is 9.75. The number of methoxy groups -OCH3 is 1. The standard InChI is InChI=1S/C19H23NO/c1-14(15-8-4-3-5-9-15)20-17-12-16(13-17)18-10-6-7-11-19(18)21-2/h3-11,14,16-17,20H,12-13H2,1-2H3/t14-,16?,17?/m1/s1. The lowest BCUT2D eigenvalue weighted by Gasteiger charge is -2.38. The van der Waals surface area contributed by atoms with Gasteiger partial charge in [0.1, 0.15) is 5.75 Å². The Morgan fingerprint density at radius 2 is 1.67 bits per heavy atom. The third-order valence-electron chi connectivity index (χ3n) is 4.50. The molecule has 1 aliphatic rings. The van der Waals surface area contributed by atoms with Crippen LogP contribution in [0.3, 0.4) is 0 Å². The maximum Gasteiger partial charge on any atom is 0.122 e. The van der Waals surface area contributed by atoms with Gasteiger partial charge in [-0.1, -0.05) is 48.5 Å². The second-order valence-electron chi connectivity index (χ2n) is 5.91. The first-order valence-electron chi connectivity index (χ1n) is 7.72. The number of ether oxygens (including phenoxy) is 1. The van der Waals surface area contributed by atoms with Gasteiger partial charge in [0.2, 0.25) is 0 Å². The summed E-state index contributed by atoms with van der Waals surface area (Å²) in [5, 5.41) is 3.73. The smallest absolute Gasteiger partial charge is 0.122 e. The Kier molecular flexibility index (Phi) is 4.26. The lowest BCUT2D eigenvalue weighted by molar-refractivity contribution is 0.265. The van der Waals surface area contributed by atoms with Crippen molar-refractivity contribution in [2.24, 2.45) is 0 Å². The van der Waals surface area contributed by atoms with E-state index in [9.17, 15) is 0 Å². The molecule has 2 aromatic carbocycles. The van der Waals surface area contributed by atoms with Crippen molar-refractivity contribution in [3.05, 3.63) is 65.7 Å². The van der Waals surface area contributed by atoms with Crippen molar-refractivity contribution in [2.45, 2.75) is 37.8 Å². The van der Waals surface area contributed by atoms with Gasteiger partial charge < -0.3 is 10.1 Å². The first-order valence-corrected chi connectivity index (χ1v) is 7.72. The summed E-state index contributed by atoms with van der Waals surface area (Å²) < 4.78 is 5.47. The minimum atomic E-state index is 0.412. The first-order chi connectivity index (χ1) is 10.3. The molecular weight excluding hydrogens is 258 g/mol. The summed E-state index contributed by atoms with van der Waals surface area (Å²) in [6.45, 7) is 2.24. The van der Waals surface area contributed by atoms with E-state index in [2.05, 4.69) is 60.8 Å². The van der Waals surface area contributed by atoms with Crippen molar-refractivity contribution in [3.8, 4) is 5.75 Å². The molecule has 1 N–H and O–H groups in total. The maximum atomic E-state index is 5.47. The highest BCUT2D eigenvalue weighted by Crippen LogP contribution is 2.41. The van der Waals surface area contributed by atoms with E-state index in [-0.39, 0.29) is 0 Å². The predicted molar refractivity (Wildman–Crippen MR) is 86.7 cm³/mol. The first kappa shape index (κ1) is 14.2. The summed E-state index contributed by atoms with van der Waals surface area (Å²) in [5.74, 6) is 1.65. The number of benzene rings is 2. The summed E-state index contributed by atoms with van der Waals surface area (Å²) in [7, 11) is 1.75. The Labute approximate surface area is 127 Å². The van der Waals surface area contributed by atoms with Gasteiger partial charge in [0.05, 0.1) is 7.11 Å². The molecule has 2 aromatic rings. The Morgan fingerprint density at radius 1 is 1.00 bits per heavy atom. The molecule has 21 heavy (non-hydrogen) atoms. The Balaban J connectivity index is 1.56. The van der Waals surface area contributed by atoms with Crippen LogP contribution in [0.4, 0.5) is 0 Å². The quantitative estimate of drug-likeness (QED) is 0.882. The van der Waals surface area contributed by atoms with Crippen molar-refractivity contribution in [2.75, 3.05) is 7.11 Å². The van der Waals surface area contributed by atoms with E-state index in [1.54, 1.807) is 7.11 Å². The fraction of sp³-hybridized carbons (Fsp3) is 0.368. The van der Waals surface area contributed by atoms with E-state index in [0.717, 1.165) is 5.75 Å². The molecule has 0 aromatic heterocycles. The normalized spacial score (nSPS) is 22.4. The molecule has 0 heterocycles. The van der Waals surface area contributed by atoms with Crippen molar-refractivity contribution in [3.63, 3.8) is 0 Å². The topological polar surface area (TPSA) is 21.3 Å². The van der Waals surface area contributed by atoms with Gasteiger partial charge in [-0.2, -0.15) is 0 Å². The second kappa shape index (κ2) is 6.31. The predicted octanol–water partition coefficient (Wildman–Crippen LogP) is 4.29. The highest BCUT2D eigenvalue weighted by atomic mass is 16.5. The number of hydrogen-bond acceptors (Lipinski definition) is 2. The number of para-hydroxylation sites is 1. The van der Waals surface area contributed by atoms with Crippen molar-refractivity contribution in [1.82, 2.24) is 5.32 Å². The van der Waals surface area contributed by atoms with Crippen LogP contribution in [0.25, 0.3) is 0 Å². The van der Waals surface area contributed by atoms with Gasteiger partial charge in [-0.3, -0.25) is 0 Å². The van der Waals surface area contributed by atoms with Gasteiger partial charge in [-0.15, -0.1) is 0 Å². The Morgan fingerprint density at radius 3 is 2.38 bits per heavy atom. The van der Waals surface area contributed by atoms with Crippen LogP contribution in [0, 0.1) is 0 Å². The second-order valence-corrected chi connectivity index (χ2v) is 5.91. The van der Waals surface area contributed by atoms with E-state index in [0.29, 0.717) is 18.0 Å². The van der Waals surface area contributed by atoms with Crippen molar-refractivity contribution >= 4 is 0 Å². The number of rotatable bonds is 5. The molecular formula is C19H23NO. The molecule has 0 spiro atoms. The van der Waals surface area contributed by atoms with Crippen LogP contribution < -0.4 is 10.1 Å². The van der Waals surface area contributed by atoms with Crippen LogP contribution in [-0.2, 0) is 0 Å². The highest BCUT2D eigenvalue weighted by Gasteiger charge is 2.32. The van der Waals surface area contributed by atoms with E-state index >= 15 is 0 Å². The maximum absolute atomic E-state index is 5.47. The van der Waals surface area contributed by atoms with Crippen LogP contribution in [0.15, 0.2) is 54.6 Å². The van der Waals surface area contributed by atoms with Crippen LogP contribution in [0.5, 0.6) is 5.75 Å². The van der Waals surface area contributed by atoms with Crippen molar-refractivity contribution in [1.29, 1.82) is 0 Å². The summed E-state index contributed by atoms with van der Waals surface area (Å²) >= 11 is 0. The third-order valence-corrected chi connectivity index (χ3v) is 4.50. The molecule has 0 radical (unpaired) electrons. The van der Waals surface area contributed by atoms with Gasteiger partial charge in [-0.05, 0) is 42.9 Å². The monoisotopic (exact) mass is 281 g/mol. The van der Waals surface area contributed by atoms with Crippen molar-refractivity contribution < 1.29 is 4.74 Å². The number of nitrogens with one attached hydrogen (secondary N) is 1. The molecule has 1 fully saturated rings. The third kappa shape index (κ3) is 3.11. The van der Waals surface area contributed by atoms with Gasteiger partial charge >= 0.3 is 0 Å². The summed E-state index contributed by atoms with van der Waals surface area (Å²) in [6.07, 6.45) is 2.38. The zero-order valence-electron chi connectivity index (χ0n) is 12.8. The molecule has 0 aliphatic heterocycles. The minimum Gasteiger partial charge on any atom is -0.496 e. The van der Waals surface area contributed by atoms with E-state index in [1.807, 2.05) is 6.07 Å². The van der Waals surface area contributed by atoms with Gasteiger partial charge in [0.15, 0.2) is 0 Å². The minimum absolute atomic E-state index is 0.412. The van der Waals surface area contributed by atoms with E-state index in [1.165, 1.54) is 24.0 Å². The molecule has 1 saturated carbocycles. The Bertz CT molecular complexity index is 575. The largest absolute Gasteiger partial charge is 0.496 e. The fourth-order valence-corrected chi connectivity index (χ4v) is 3.20. The lowest BCUT2D eigenvalue weighted by Crippen LogP contribution is -2.41. The molecule has 0 bridgehead atoms. The van der Waals surface area contributed by atoms with E-state index in [4.69, 9.17) is 4.74 Å². The van der Waals surface area contributed by atoms with Crippen LogP contribution in [0.2, 0.25) is 0 Å². The van der Waals surface area contributed by atoms with Gasteiger partial charge in [0, 0.05) is 12.1 Å². The molecule has 2 heteroatoms. The number of hydrogen-bond donors (Lipinski definition) is 1. The molecule has 3 rings (SSSR count). The molecule has 110 valence electrons. The molecule has 0 unspecified atom stereocenters. The molecule has 1 atom stereocenters.